The van der Waals surface area contributed by atoms with E-state index in [4.69, 9.17) is 0 Å². The molecule has 36 heavy (non-hydrogen) atoms. The zero-order chi connectivity index (χ0) is 25.5. The van der Waals surface area contributed by atoms with E-state index in [9.17, 15) is 13.2 Å². The van der Waals surface area contributed by atoms with Gasteiger partial charge in [0.25, 0.3) is 0 Å². The summed E-state index contributed by atoms with van der Waals surface area (Å²) in [4.78, 5) is 13.5. The Labute approximate surface area is 227 Å². The van der Waals surface area contributed by atoms with Gasteiger partial charge in [0.1, 0.15) is 0 Å². The number of carbonyl (C=O) groups excluding carboxylic acids is 1. The van der Waals surface area contributed by atoms with Crippen molar-refractivity contribution < 1.29 is 13.2 Å². The fourth-order valence-electron chi connectivity index (χ4n) is 5.39. The van der Waals surface area contributed by atoms with Gasteiger partial charge in [0, 0.05) is 6.26 Å². The van der Waals surface area contributed by atoms with Gasteiger partial charge in [-0.15, -0.1) is 0 Å². The summed E-state index contributed by atoms with van der Waals surface area (Å²) < 4.78 is 27.5. The molecular formula is C29H37InN2O3S. The summed E-state index contributed by atoms with van der Waals surface area (Å²) in [7, 11) is -3.21. The predicted molar refractivity (Wildman–Crippen MR) is 147 cm³/mol. The molecule has 2 aromatic rings. The average Bonchev–Trinajstić information content (AvgIpc) is 3.58. The molecule has 7 heteroatoms. The van der Waals surface area contributed by atoms with Crippen molar-refractivity contribution in [1.82, 2.24) is 8.20 Å². The van der Waals surface area contributed by atoms with Crippen LogP contribution < -0.4 is 5.32 Å². The third kappa shape index (κ3) is 7.34. The van der Waals surface area contributed by atoms with Gasteiger partial charge in [0.2, 0.25) is 0 Å². The second kappa shape index (κ2) is 12.6. The van der Waals surface area contributed by atoms with E-state index in [-0.39, 0.29) is 11.8 Å². The van der Waals surface area contributed by atoms with E-state index in [0.717, 1.165) is 37.7 Å². The molecule has 1 fully saturated rings. The number of rotatable bonds is 11. The molecule has 1 aliphatic heterocycles. The van der Waals surface area contributed by atoms with E-state index in [2.05, 4.69) is 57.7 Å². The number of allylic oxidation sites excluding steroid dienone is 1. The molecule has 1 amide bonds. The first kappa shape index (κ1) is 27.2. The molecule has 0 saturated heterocycles. The van der Waals surface area contributed by atoms with E-state index >= 15 is 0 Å². The van der Waals surface area contributed by atoms with Gasteiger partial charge in [0.05, 0.1) is 4.90 Å². The van der Waals surface area contributed by atoms with Crippen LogP contribution in [0.15, 0.2) is 71.8 Å². The summed E-state index contributed by atoms with van der Waals surface area (Å²) in [5.41, 5.74) is 2.29. The number of benzene rings is 2. The molecule has 1 aliphatic carbocycles. The summed E-state index contributed by atoms with van der Waals surface area (Å²) in [5, 5.41) is 3.15. The van der Waals surface area contributed by atoms with Crippen LogP contribution in [-0.2, 0) is 21.2 Å². The quantitative estimate of drug-likeness (QED) is 0.401. The first-order valence-corrected chi connectivity index (χ1v) is 18.1. The first-order chi connectivity index (χ1) is 17.3. The van der Waals surface area contributed by atoms with Crippen molar-refractivity contribution in [1.29, 1.82) is 0 Å². The van der Waals surface area contributed by atoms with Crippen LogP contribution in [0, 0.1) is 11.8 Å². The van der Waals surface area contributed by atoms with Crippen molar-refractivity contribution in [3.8, 4) is 0 Å². The molecule has 2 atom stereocenters. The van der Waals surface area contributed by atoms with Crippen molar-refractivity contribution in [3.05, 3.63) is 78.0 Å². The molecule has 1 N–H and O–H groups in total. The number of nitrogens with zero attached hydrogens (tertiary/aromatic N) is 1. The van der Waals surface area contributed by atoms with Gasteiger partial charge in [-0.3, -0.25) is 0 Å². The molecule has 1 heterocycles. The predicted octanol–water partition coefficient (Wildman–Crippen LogP) is 4.74. The van der Waals surface area contributed by atoms with Crippen LogP contribution in [0.5, 0.6) is 0 Å². The van der Waals surface area contributed by atoms with Crippen LogP contribution >= 0.6 is 0 Å². The van der Waals surface area contributed by atoms with Crippen molar-refractivity contribution in [3.63, 3.8) is 0 Å². The number of sulfone groups is 1. The maximum absolute atomic E-state index is 13.2. The monoisotopic (exact) mass is 608 g/mol. The van der Waals surface area contributed by atoms with Crippen molar-refractivity contribution in [2.45, 2.75) is 69.4 Å². The van der Waals surface area contributed by atoms with E-state index in [0.29, 0.717) is 23.4 Å². The second-order valence-electron chi connectivity index (χ2n) is 10.3. The number of nitrogens with one attached hydrogen (secondary N) is 1. The molecular weight excluding hydrogens is 571 g/mol. The van der Waals surface area contributed by atoms with Gasteiger partial charge in [-0.25, -0.2) is 8.42 Å². The number of hydrogen-bond donors (Lipinski definition) is 1. The van der Waals surface area contributed by atoms with Gasteiger partial charge in [-0.05, 0) is 0 Å². The third-order valence-corrected chi connectivity index (χ3v) is 13.8. The Bertz CT molecular complexity index is 1190. The van der Waals surface area contributed by atoms with Gasteiger partial charge in [-0.1, -0.05) is 0 Å². The summed E-state index contributed by atoms with van der Waals surface area (Å²) in [6.45, 7) is 2.77. The number of hydrogen-bond acceptors (Lipinski definition) is 4. The second-order valence-corrected chi connectivity index (χ2v) is 16.5. The van der Waals surface area contributed by atoms with E-state index in [1.165, 1.54) is 24.7 Å². The minimum absolute atomic E-state index is 0.0670. The van der Waals surface area contributed by atoms with Crippen molar-refractivity contribution in [2.75, 3.05) is 6.26 Å². The Kier molecular flexibility index (Phi) is 9.51. The Morgan fingerprint density at radius 3 is 2.42 bits per heavy atom. The Hall–Kier alpha value is -1.86. The zero-order valence-corrected chi connectivity index (χ0v) is 25.5. The number of carbonyl (C=O) groups is 1. The molecule has 0 spiro atoms. The molecule has 5 nitrogen and oxygen atoms in total. The van der Waals surface area contributed by atoms with Crippen molar-refractivity contribution >= 4 is 41.7 Å². The number of amides is 1. The van der Waals surface area contributed by atoms with E-state index < -0.39 is 32.5 Å². The molecule has 0 aromatic heterocycles. The van der Waals surface area contributed by atoms with Gasteiger partial charge < -0.3 is 0 Å². The molecule has 0 radical (unpaired) electrons. The van der Waals surface area contributed by atoms with Crippen LogP contribution in [0.2, 0.25) is 0 Å². The van der Waals surface area contributed by atoms with Gasteiger partial charge >= 0.3 is 199 Å². The molecule has 1 saturated carbocycles. The molecule has 0 bridgehead atoms. The Morgan fingerprint density at radius 1 is 1.06 bits per heavy atom. The SMILES string of the molecule is CC(CCCC(C(=O)NCc1ccc(S(C)(=O)=O)cc1)C1CCCC1)[N]1C=C[C](c2ccccc2)=[In]1. The molecule has 190 valence electrons. The van der Waals surface area contributed by atoms with E-state index in [1.54, 1.807) is 27.5 Å². The molecule has 4 rings (SSSR count). The summed E-state index contributed by atoms with van der Waals surface area (Å²) in [6, 6.07) is 18.1. The third-order valence-electron chi connectivity index (χ3n) is 7.59. The normalized spacial score (nSPS) is 17.5. The van der Waals surface area contributed by atoms with Crippen LogP contribution in [0.4, 0.5) is 0 Å². The van der Waals surface area contributed by atoms with Gasteiger partial charge in [-0.2, -0.15) is 0 Å². The zero-order valence-electron chi connectivity index (χ0n) is 21.4. The Balaban J connectivity index is 1.30. The fraction of sp³-hybridized carbons (Fsp3) is 0.448. The topological polar surface area (TPSA) is 66.5 Å². The van der Waals surface area contributed by atoms with Crippen molar-refractivity contribution in [2.24, 2.45) is 11.8 Å². The standard InChI is InChI=1S/C29H37N2O3S.In/c1-23(30-21-9-13-24-11-4-3-5-12-24)10-8-16-28(26-14-6-7-15-26)29(32)31-22-25-17-19-27(20-18-25)35(2,33)34;/h3-5,9,11-12,17-21,23,26,28H,6-8,10,14-16,22H2,1-2H3,(H,31,32);/q-1;+1. The van der Waals surface area contributed by atoms with Crippen LogP contribution in [0.3, 0.4) is 0 Å². The summed E-state index contributed by atoms with van der Waals surface area (Å²) in [6.07, 6.45) is 13.7. The van der Waals surface area contributed by atoms with E-state index in [1.807, 2.05) is 0 Å². The summed E-state index contributed by atoms with van der Waals surface area (Å²) in [5.74, 6) is 0.702. The molecule has 2 unspecified atom stereocenters. The Morgan fingerprint density at radius 2 is 1.75 bits per heavy atom. The van der Waals surface area contributed by atoms with Crippen LogP contribution in [0.1, 0.15) is 63.0 Å². The van der Waals surface area contributed by atoms with Crippen LogP contribution in [-0.4, -0.2) is 55.5 Å². The average molecular weight is 609 g/mol. The molecule has 2 aromatic carbocycles. The molecule has 2 aliphatic rings. The fourth-order valence-corrected chi connectivity index (χ4v) is 10.0. The van der Waals surface area contributed by atoms with Crippen LogP contribution in [0.25, 0.3) is 0 Å². The summed E-state index contributed by atoms with van der Waals surface area (Å²) >= 11 is -1.00. The minimum atomic E-state index is -3.21. The van der Waals surface area contributed by atoms with Gasteiger partial charge in [0.15, 0.2) is 9.84 Å². The first-order valence-electron chi connectivity index (χ1n) is 13.1. The maximum atomic E-state index is 13.2.